The van der Waals surface area contributed by atoms with Gasteiger partial charge in [-0.3, -0.25) is 0 Å². The Bertz CT molecular complexity index is 282. The molecule has 0 amide bonds. The van der Waals surface area contributed by atoms with Gasteiger partial charge >= 0.3 is 5.97 Å². The predicted molar refractivity (Wildman–Crippen MR) is 42.4 cm³/mol. The molecule has 0 saturated heterocycles. The maximum Gasteiger partial charge on any atom is 0.342 e. The van der Waals surface area contributed by atoms with E-state index in [1.54, 1.807) is 11.9 Å². The molecule has 0 atom stereocenters. The van der Waals surface area contributed by atoms with Crippen molar-refractivity contribution < 1.29 is 14.4 Å². The molecule has 0 aliphatic carbocycles. The van der Waals surface area contributed by atoms with E-state index in [1.165, 1.54) is 0 Å². The topological polar surface area (TPSA) is 66.6 Å². The fourth-order valence-electron chi connectivity index (χ4n) is 0.802. The zero-order valence-corrected chi connectivity index (χ0v) is 6.94. The first-order valence-corrected chi connectivity index (χ1v) is 3.55. The fraction of sp³-hybridized carbons (Fsp3) is 0.429. The summed E-state index contributed by atoms with van der Waals surface area (Å²) in [5.74, 6) is -0.656. The van der Waals surface area contributed by atoms with Gasteiger partial charge in [0.2, 0.25) is 0 Å². The molecule has 1 rings (SSSR count). The predicted octanol–water partition coefficient (Wildman–Crippen LogP) is 0.829. The minimum Gasteiger partial charge on any atom is -0.477 e. The van der Waals surface area contributed by atoms with Crippen molar-refractivity contribution in [1.29, 1.82) is 0 Å². The van der Waals surface area contributed by atoms with Crippen LogP contribution in [0.15, 0.2) is 10.8 Å². The molecule has 12 heavy (non-hydrogen) atoms. The van der Waals surface area contributed by atoms with Gasteiger partial charge in [-0.05, 0) is 6.92 Å². The van der Waals surface area contributed by atoms with Crippen LogP contribution in [0.3, 0.4) is 0 Å². The molecule has 0 aliphatic rings. The van der Waals surface area contributed by atoms with Crippen molar-refractivity contribution in [2.45, 2.75) is 6.92 Å². The first-order valence-electron chi connectivity index (χ1n) is 3.55. The van der Waals surface area contributed by atoms with E-state index < -0.39 is 5.97 Å². The average Bonchev–Trinajstić information content (AvgIpc) is 2.50. The SMILES string of the molecule is CCN(C)c1nocc1C(=O)O. The third-order valence-corrected chi connectivity index (χ3v) is 1.62. The third-order valence-electron chi connectivity index (χ3n) is 1.62. The van der Waals surface area contributed by atoms with Gasteiger partial charge in [0, 0.05) is 13.6 Å². The Balaban J connectivity index is 2.98. The summed E-state index contributed by atoms with van der Waals surface area (Å²) in [6, 6.07) is 0. The number of aromatic nitrogens is 1. The number of carboxylic acids is 1. The summed E-state index contributed by atoms with van der Waals surface area (Å²) in [6.45, 7) is 2.59. The van der Waals surface area contributed by atoms with E-state index in [2.05, 4.69) is 9.68 Å². The van der Waals surface area contributed by atoms with E-state index in [4.69, 9.17) is 5.11 Å². The van der Waals surface area contributed by atoms with Crippen molar-refractivity contribution in [2.75, 3.05) is 18.5 Å². The highest BCUT2D eigenvalue weighted by Gasteiger charge is 2.16. The van der Waals surface area contributed by atoms with E-state index in [0.717, 1.165) is 6.26 Å². The maximum atomic E-state index is 10.6. The van der Waals surface area contributed by atoms with E-state index >= 15 is 0 Å². The summed E-state index contributed by atoms with van der Waals surface area (Å²) in [7, 11) is 1.75. The molecule has 0 radical (unpaired) electrons. The highest BCUT2D eigenvalue weighted by Crippen LogP contribution is 2.15. The Morgan fingerprint density at radius 1 is 1.83 bits per heavy atom. The number of hydrogen-bond acceptors (Lipinski definition) is 4. The Labute approximate surface area is 69.6 Å². The van der Waals surface area contributed by atoms with Crippen LogP contribution in [0.1, 0.15) is 17.3 Å². The number of carbonyl (C=O) groups is 1. The number of aromatic carboxylic acids is 1. The van der Waals surface area contributed by atoms with Crippen LogP contribution in [-0.2, 0) is 0 Å². The molecular formula is C7H10N2O3. The van der Waals surface area contributed by atoms with Crippen LogP contribution in [0.4, 0.5) is 5.82 Å². The van der Waals surface area contributed by atoms with Crippen molar-refractivity contribution >= 4 is 11.8 Å². The summed E-state index contributed by atoms with van der Waals surface area (Å²) in [5.41, 5.74) is 0.0966. The van der Waals surface area contributed by atoms with Crippen molar-refractivity contribution in [3.8, 4) is 0 Å². The second kappa shape index (κ2) is 3.25. The van der Waals surface area contributed by atoms with Gasteiger partial charge in [0.05, 0.1) is 0 Å². The molecule has 0 spiro atoms. The molecule has 5 nitrogen and oxygen atoms in total. The molecule has 1 heterocycles. The van der Waals surface area contributed by atoms with Crippen molar-refractivity contribution in [3.63, 3.8) is 0 Å². The highest BCUT2D eigenvalue weighted by molar-refractivity contribution is 5.92. The number of nitrogens with zero attached hydrogens (tertiary/aromatic N) is 2. The standard InChI is InChI=1S/C7H10N2O3/c1-3-9(2)6-5(7(10)11)4-12-8-6/h4H,3H2,1-2H3,(H,10,11). The Kier molecular flexibility index (Phi) is 2.32. The largest absolute Gasteiger partial charge is 0.477 e. The molecule has 0 saturated carbocycles. The molecule has 5 heteroatoms. The first kappa shape index (κ1) is 8.58. The summed E-state index contributed by atoms with van der Waals surface area (Å²) in [5, 5.41) is 12.3. The molecule has 0 aliphatic heterocycles. The monoisotopic (exact) mass is 170 g/mol. The van der Waals surface area contributed by atoms with E-state index in [0.29, 0.717) is 12.4 Å². The summed E-state index contributed by atoms with van der Waals surface area (Å²) >= 11 is 0. The normalized spacial score (nSPS) is 9.83. The molecular weight excluding hydrogens is 160 g/mol. The van der Waals surface area contributed by atoms with Gasteiger partial charge in [0.15, 0.2) is 5.82 Å². The lowest BCUT2D eigenvalue weighted by Crippen LogP contribution is -2.18. The maximum absolute atomic E-state index is 10.6. The molecule has 0 aromatic carbocycles. The van der Waals surface area contributed by atoms with Crippen LogP contribution in [-0.4, -0.2) is 29.8 Å². The second-order valence-electron chi connectivity index (χ2n) is 2.37. The lowest BCUT2D eigenvalue weighted by Gasteiger charge is -2.12. The van der Waals surface area contributed by atoms with Gasteiger partial charge in [0.25, 0.3) is 0 Å². The summed E-state index contributed by atoms with van der Waals surface area (Å²) in [6.07, 6.45) is 1.13. The average molecular weight is 170 g/mol. The second-order valence-corrected chi connectivity index (χ2v) is 2.37. The molecule has 0 fully saturated rings. The van der Waals surface area contributed by atoms with Gasteiger partial charge in [-0.25, -0.2) is 4.79 Å². The molecule has 66 valence electrons. The van der Waals surface area contributed by atoms with E-state index in [1.807, 2.05) is 6.92 Å². The smallest absolute Gasteiger partial charge is 0.342 e. The number of rotatable bonds is 3. The molecule has 0 unspecified atom stereocenters. The zero-order valence-electron chi connectivity index (χ0n) is 6.94. The minimum atomic E-state index is -1.02. The Morgan fingerprint density at radius 3 is 3.00 bits per heavy atom. The van der Waals surface area contributed by atoms with Gasteiger partial charge < -0.3 is 14.5 Å². The number of hydrogen-bond donors (Lipinski definition) is 1. The molecule has 1 aromatic heterocycles. The van der Waals surface area contributed by atoms with Gasteiger partial charge in [-0.2, -0.15) is 0 Å². The third kappa shape index (κ3) is 1.39. The van der Waals surface area contributed by atoms with Crippen LogP contribution < -0.4 is 4.90 Å². The Morgan fingerprint density at radius 2 is 2.50 bits per heavy atom. The van der Waals surface area contributed by atoms with E-state index in [9.17, 15) is 4.79 Å². The lowest BCUT2D eigenvalue weighted by molar-refractivity contribution is 0.0697. The zero-order chi connectivity index (χ0) is 9.14. The number of carboxylic acid groups (broad SMARTS) is 1. The van der Waals surface area contributed by atoms with Crippen molar-refractivity contribution in [2.24, 2.45) is 0 Å². The first-order chi connectivity index (χ1) is 5.66. The van der Waals surface area contributed by atoms with Crippen molar-refractivity contribution in [3.05, 3.63) is 11.8 Å². The summed E-state index contributed by atoms with van der Waals surface area (Å²) in [4.78, 5) is 12.3. The minimum absolute atomic E-state index is 0.0966. The van der Waals surface area contributed by atoms with Crippen LogP contribution in [0.25, 0.3) is 0 Å². The summed E-state index contributed by atoms with van der Waals surface area (Å²) < 4.78 is 4.56. The lowest BCUT2D eigenvalue weighted by atomic mass is 10.3. The molecule has 1 aromatic rings. The number of anilines is 1. The highest BCUT2D eigenvalue weighted by atomic mass is 16.5. The fourth-order valence-corrected chi connectivity index (χ4v) is 0.802. The van der Waals surface area contributed by atoms with Gasteiger partial charge in [-0.15, -0.1) is 0 Å². The van der Waals surface area contributed by atoms with Crippen LogP contribution in [0.2, 0.25) is 0 Å². The molecule has 0 bridgehead atoms. The van der Waals surface area contributed by atoms with Gasteiger partial charge in [-0.1, -0.05) is 5.16 Å². The quantitative estimate of drug-likeness (QED) is 0.727. The molecule has 1 N–H and O–H groups in total. The van der Waals surface area contributed by atoms with Crippen LogP contribution in [0, 0.1) is 0 Å². The van der Waals surface area contributed by atoms with Crippen molar-refractivity contribution in [1.82, 2.24) is 5.16 Å². The van der Waals surface area contributed by atoms with E-state index in [-0.39, 0.29) is 5.56 Å². The van der Waals surface area contributed by atoms with Crippen LogP contribution >= 0.6 is 0 Å². The van der Waals surface area contributed by atoms with Crippen LogP contribution in [0.5, 0.6) is 0 Å². The Hall–Kier alpha value is -1.52. The van der Waals surface area contributed by atoms with Gasteiger partial charge in [0.1, 0.15) is 11.8 Å².